The molecule has 0 aliphatic carbocycles. The zero-order chi connectivity index (χ0) is 15.2. The molecule has 1 unspecified atom stereocenters. The molecule has 108 valence electrons. The molecule has 0 aromatic heterocycles. The summed E-state index contributed by atoms with van der Waals surface area (Å²) < 4.78 is 5.41. The fourth-order valence-electron chi connectivity index (χ4n) is 2.39. The first-order valence-electron chi connectivity index (χ1n) is 6.98. The Bertz CT molecular complexity index is 661. The van der Waals surface area contributed by atoms with E-state index in [0.717, 1.165) is 23.3 Å². The average Bonchev–Trinajstić information content (AvgIpc) is 2.52. The van der Waals surface area contributed by atoms with Gasteiger partial charge in [0.05, 0.1) is 19.1 Å². The van der Waals surface area contributed by atoms with Gasteiger partial charge in [-0.2, -0.15) is 5.26 Å². The van der Waals surface area contributed by atoms with Crippen molar-refractivity contribution >= 4 is 11.6 Å². The number of ether oxygens (including phenoxy) is 1. The van der Waals surface area contributed by atoms with Crippen LogP contribution in [-0.4, -0.2) is 7.11 Å². The van der Waals surface area contributed by atoms with Crippen molar-refractivity contribution in [2.45, 2.75) is 25.7 Å². The third-order valence-corrected chi connectivity index (χ3v) is 3.82. The molecular formula is C18H18ClNO. The Labute approximate surface area is 130 Å². The minimum atomic E-state index is -0.232. The number of benzene rings is 2. The Hall–Kier alpha value is -1.98. The van der Waals surface area contributed by atoms with E-state index in [2.05, 4.69) is 25.1 Å². The summed E-state index contributed by atoms with van der Waals surface area (Å²) in [6.45, 7) is 2.12. The number of hydrogen-bond acceptors (Lipinski definition) is 2. The first-order valence-corrected chi connectivity index (χ1v) is 7.36. The smallest absolute Gasteiger partial charge is 0.122 e. The Kier molecular flexibility index (Phi) is 5.25. The van der Waals surface area contributed by atoms with E-state index in [1.54, 1.807) is 7.11 Å². The standard InChI is InChI=1S/C18H18ClNO/c1-3-13-7-8-18(21-2)15(9-13)10-16(12-20)14-5-4-6-17(19)11-14/h4-9,11,16H,3,10H2,1-2H3. The van der Waals surface area contributed by atoms with Crippen LogP contribution in [0.4, 0.5) is 0 Å². The molecule has 0 fully saturated rings. The highest BCUT2D eigenvalue weighted by molar-refractivity contribution is 6.30. The highest BCUT2D eigenvalue weighted by Crippen LogP contribution is 2.28. The lowest BCUT2D eigenvalue weighted by Crippen LogP contribution is -2.03. The van der Waals surface area contributed by atoms with Crippen LogP contribution in [0.3, 0.4) is 0 Å². The van der Waals surface area contributed by atoms with Crippen molar-refractivity contribution in [2.24, 2.45) is 0 Å². The molecule has 0 heterocycles. The SMILES string of the molecule is CCc1ccc(OC)c(CC(C#N)c2cccc(Cl)c2)c1. The third-order valence-electron chi connectivity index (χ3n) is 3.58. The minimum absolute atomic E-state index is 0.232. The van der Waals surface area contributed by atoms with E-state index in [-0.39, 0.29) is 5.92 Å². The summed E-state index contributed by atoms with van der Waals surface area (Å²) in [6, 6.07) is 16.0. The highest BCUT2D eigenvalue weighted by atomic mass is 35.5. The molecule has 0 aliphatic rings. The number of nitrogens with zero attached hydrogens (tertiary/aromatic N) is 1. The molecule has 0 aliphatic heterocycles. The lowest BCUT2D eigenvalue weighted by molar-refractivity contribution is 0.409. The van der Waals surface area contributed by atoms with Gasteiger partial charge in [-0.25, -0.2) is 0 Å². The molecule has 0 saturated carbocycles. The van der Waals surface area contributed by atoms with Crippen LogP contribution in [0.25, 0.3) is 0 Å². The van der Waals surface area contributed by atoms with E-state index >= 15 is 0 Å². The van der Waals surface area contributed by atoms with E-state index < -0.39 is 0 Å². The molecule has 1 atom stereocenters. The topological polar surface area (TPSA) is 33.0 Å². The van der Waals surface area contributed by atoms with Crippen LogP contribution in [0.15, 0.2) is 42.5 Å². The van der Waals surface area contributed by atoms with Crippen LogP contribution in [0.2, 0.25) is 5.02 Å². The Morgan fingerprint density at radius 1 is 1.24 bits per heavy atom. The molecule has 0 N–H and O–H groups in total. The maximum Gasteiger partial charge on any atom is 0.122 e. The van der Waals surface area contributed by atoms with Crippen LogP contribution < -0.4 is 4.74 Å². The lowest BCUT2D eigenvalue weighted by Gasteiger charge is -2.14. The van der Waals surface area contributed by atoms with Gasteiger partial charge in [0.2, 0.25) is 0 Å². The number of hydrogen-bond donors (Lipinski definition) is 0. The van der Waals surface area contributed by atoms with Gasteiger partial charge in [0, 0.05) is 5.02 Å². The molecule has 0 radical (unpaired) electrons. The molecule has 2 aromatic carbocycles. The fraction of sp³-hybridized carbons (Fsp3) is 0.278. The van der Waals surface area contributed by atoms with E-state index in [1.165, 1.54) is 5.56 Å². The predicted octanol–water partition coefficient (Wildman–Crippen LogP) is 4.76. The van der Waals surface area contributed by atoms with Gasteiger partial charge in [-0.05, 0) is 47.7 Å². The molecule has 3 heteroatoms. The first-order chi connectivity index (χ1) is 10.2. The van der Waals surface area contributed by atoms with Gasteiger partial charge in [-0.3, -0.25) is 0 Å². The van der Waals surface area contributed by atoms with Crippen molar-refractivity contribution in [3.63, 3.8) is 0 Å². The van der Waals surface area contributed by atoms with Gasteiger partial charge in [-0.15, -0.1) is 0 Å². The van der Waals surface area contributed by atoms with Crippen LogP contribution in [-0.2, 0) is 12.8 Å². The number of aryl methyl sites for hydroxylation is 1. The van der Waals surface area contributed by atoms with Gasteiger partial charge < -0.3 is 4.74 Å². The Balaban J connectivity index is 2.32. The van der Waals surface area contributed by atoms with Gasteiger partial charge >= 0.3 is 0 Å². The molecule has 21 heavy (non-hydrogen) atoms. The van der Waals surface area contributed by atoms with Gasteiger partial charge in [0.15, 0.2) is 0 Å². The molecule has 2 aromatic rings. The monoisotopic (exact) mass is 299 g/mol. The summed E-state index contributed by atoms with van der Waals surface area (Å²) in [7, 11) is 1.66. The first kappa shape index (κ1) is 15.4. The van der Waals surface area contributed by atoms with Crippen molar-refractivity contribution in [1.29, 1.82) is 5.26 Å². The second-order valence-electron chi connectivity index (χ2n) is 4.94. The van der Waals surface area contributed by atoms with Crippen molar-refractivity contribution in [3.8, 4) is 11.8 Å². The fourth-order valence-corrected chi connectivity index (χ4v) is 2.59. The summed E-state index contributed by atoms with van der Waals surface area (Å²) in [6.07, 6.45) is 1.58. The maximum absolute atomic E-state index is 9.49. The third kappa shape index (κ3) is 3.77. The molecule has 0 saturated heterocycles. The van der Waals surface area contributed by atoms with E-state index in [9.17, 15) is 5.26 Å². The lowest BCUT2D eigenvalue weighted by atomic mass is 9.92. The predicted molar refractivity (Wildman–Crippen MR) is 85.9 cm³/mol. The minimum Gasteiger partial charge on any atom is -0.496 e. The number of rotatable bonds is 5. The van der Waals surface area contributed by atoms with E-state index in [1.807, 2.05) is 30.3 Å². The van der Waals surface area contributed by atoms with Gasteiger partial charge in [0.25, 0.3) is 0 Å². The molecule has 2 rings (SSSR count). The van der Waals surface area contributed by atoms with Crippen molar-refractivity contribution in [3.05, 3.63) is 64.2 Å². The van der Waals surface area contributed by atoms with Crippen LogP contribution >= 0.6 is 11.6 Å². The van der Waals surface area contributed by atoms with Crippen molar-refractivity contribution < 1.29 is 4.74 Å². The van der Waals surface area contributed by atoms with Gasteiger partial charge in [0.1, 0.15) is 5.75 Å². The van der Waals surface area contributed by atoms with Gasteiger partial charge in [-0.1, -0.05) is 42.8 Å². The normalized spacial score (nSPS) is 11.7. The zero-order valence-electron chi connectivity index (χ0n) is 12.3. The molecule has 0 amide bonds. The van der Waals surface area contributed by atoms with E-state index in [0.29, 0.717) is 11.4 Å². The summed E-state index contributed by atoms with van der Waals surface area (Å²) in [5.41, 5.74) is 3.24. The highest BCUT2D eigenvalue weighted by Gasteiger charge is 2.15. The van der Waals surface area contributed by atoms with Crippen LogP contribution in [0, 0.1) is 11.3 Å². The molecular weight excluding hydrogens is 282 g/mol. The summed E-state index contributed by atoms with van der Waals surface area (Å²) in [4.78, 5) is 0. The summed E-state index contributed by atoms with van der Waals surface area (Å²) >= 11 is 6.02. The summed E-state index contributed by atoms with van der Waals surface area (Å²) in [5.74, 6) is 0.596. The van der Waals surface area contributed by atoms with Crippen molar-refractivity contribution in [1.82, 2.24) is 0 Å². The van der Waals surface area contributed by atoms with E-state index in [4.69, 9.17) is 16.3 Å². The Morgan fingerprint density at radius 3 is 2.67 bits per heavy atom. The number of nitriles is 1. The average molecular weight is 300 g/mol. The Morgan fingerprint density at radius 2 is 2.05 bits per heavy atom. The van der Waals surface area contributed by atoms with Crippen LogP contribution in [0.1, 0.15) is 29.5 Å². The largest absolute Gasteiger partial charge is 0.496 e. The van der Waals surface area contributed by atoms with Crippen molar-refractivity contribution in [2.75, 3.05) is 7.11 Å². The second-order valence-corrected chi connectivity index (χ2v) is 5.38. The quantitative estimate of drug-likeness (QED) is 0.797. The number of methoxy groups -OCH3 is 1. The second kappa shape index (κ2) is 7.15. The molecule has 2 nitrogen and oxygen atoms in total. The maximum atomic E-state index is 9.49. The molecule has 0 spiro atoms. The molecule has 0 bridgehead atoms. The number of halogens is 1. The van der Waals surface area contributed by atoms with Crippen LogP contribution in [0.5, 0.6) is 5.75 Å². The summed E-state index contributed by atoms with van der Waals surface area (Å²) in [5, 5.41) is 10.1. The zero-order valence-corrected chi connectivity index (χ0v) is 13.0.